The quantitative estimate of drug-likeness (QED) is 0.480. The maximum atomic E-state index is 12.6. The van der Waals surface area contributed by atoms with Crippen LogP contribution in [0.15, 0.2) is 71.5 Å². The lowest BCUT2D eigenvalue weighted by Gasteiger charge is -2.13. The largest absolute Gasteiger partial charge is 0.441 e. The molecule has 0 fully saturated rings. The number of benzene rings is 2. The van der Waals surface area contributed by atoms with Gasteiger partial charge in [-0.25, -0.2) is 4.98 Å². The zero-order chi connectivity index (χ0) is 20.8. The molecule has 0 saturated heterocycles. The van der Waals surface area contributed by atoms with E-state index in [1.54, 1.807) is 30.7 Å². The third-order valence-corrected chi connectivity index (χ3v) is 4.90. The maximum absolute atomic E-state index is 12.6. The summed E-state index contributed by atoms with van der Waals surface area (Å²) < 4.78 is 5.84. The van der Waals surface area contributed by atoms with E-state index in [0.29, 0.717) is 29.0 Å². The number of aryl methyl sites for hydroxylation is 2. The lowest BCUT2D eigenvalue weighted by Crippen LogP contribution is -2.34. The van der Waals surface area contributed by atoms with E-state index in [1.807, 2.05) is 19.1 Å². The summed E-state index contributed by atoms with van der Waals surface area (Å²) in [5.41, 5.74) is 4.13. The highest BCUT2D eigenvalue weighted by atomic mass is 16.3. The molecule has 0 saturated carbocycles. The fourth-order valence-electron chi connectivity index (χ4n) is 3.42. The predicted molar refractivity (Wildman–Crippen MR) is 115 cm³/mol. The minimum Gasteiger partial charge on any atom is -0.441 e. The molecule has 4 aromatic rings. The molecule has 1 atom stereocenters. The second kappa shape index (κ2) is 9.31. The van der Waals surface area contributed by atoms with Crippen LogP contribution in [-0.4, -0.2) is 26.9 Å². The van der Waals surface area contributed by atoms with Gasteiger partial charge in [0.1, 0.15) is 5.52 Å². The van der Waals surface area contributed by atoms with E-state index in [0.717, 1.165) is 25.0 Å². The van der Waals surface area contributed by atoms with Crippen molar-refractivity contribution in [2.45, 2.75) is 38.6 Å². The molecule has 0 aliphatic carbocycles. The van der Waals surface area contributed by atoms with Gasteiger partial charge in [0.05, 0.1) is 5.69 Å². The minimum absolute atomic E-state index is 0.0595. The lowest BCUT2D eigenvalue weighted by molar-refractivity contribution is 0.0940. The first-order valence-electron chi connectivity index (χ1n) is 10.2. The van der Waals surface area contributed by atoms with Crippen LogP contribution in [0.1, 0.15) is 40.9 Å². The monoisotopic (exact) mass is 400 g/mol. The third-order valence-electron chi connectivity index (χ3n) is 4.90. The summed E-state index contributed by atoms with van der Waals surface area (Å²) in [6.45, 7) is 1.95. The van der Waals surface area contributed by atoms with Crippen molar-refractivity contribution in [3.05, 3.63) is 89.8 Å². The van der Waals surface area contributed by atoms with Crippen molar-refractivity contribution in [3.8, 4) is 0 Å². The van der Waals surface area contributed by atoms with Gasteiger partial charge in [-0.15, -0.1) is 0 Å². The van der Waals surface area contributed by atoms with Crippen LogP contribution >= 0.6 is 0 Å². The zero-order valence-corrected chi connectivity index (χ0v) is 16.9. The Morgan fingerprint density at radius 1 is 1.10 bits per heavy atom. The van der Waals surface area contributed by atoms with E-state index < -0.39 is 0 Å². The van der Waals surface area contributed by atoms with Gasteiger partial charge in [-0.1, -0.05) is 30.3 Å². The van der Waals surface area contributed by atoms with E-state index >= 15 is 0 Å². The Kier molecular flexibility index (Phi) is 6.13. The summed E-state index contributed by atoms with van der Waals surface area (Å²) in [5, 5.41) is 3.00. The summed E-state index contributed by atoms with van der Waals surface area (Å²) in [4.78, 5) is 25.5. The van der Waals surface area contributed by atoms with Crippen molar-refractivity contribution in [2.24, 2.45) is 0 Å². The molecular formula is C24H24N4O2. The number of hydrogen-bond acceptors (Lipinski definition) is 5. The van der Waals surface area contributed by atoms with Gasteiger partial charge < -0.3 is 9.73 Å². The standard InChI is InChI=1S/C24H24N4O2/c1-17(14-20-16-25-12-13-26-20)27-24(29)19-10-11-22-21(15-19)28-23(30-22)9-5-8-18-6-3-2-4-7-18/h2-4,6-7,10-13,15-17H,5,8-9,14H2,1H3,(H,27,29). The molecule has 6 nitrogen and oxygen atoms in total. The molecule has 2 aromatic carbocycles. The fourth-order valence-corrected chi connectivity index (χ4v) is 3.42. The summed E-state index contributed by atoms with van der Waals surface area (Å²) >= 11 is 0. The van der Waals surface area contributed by atoms with Crippen molar-refractivity contribution in [3.63, 3.8) is 0 Å². The Labute approximate surface area is 175 Å². The van der Waals surface area contributed by atoms with Crippen molar-refractivity contribution in [2.75, 3.05) is 0 Å². The number of rotatable bonds is 8. The van der Waals surface area contributed by atoms with Crippen LogP contribution in [0.4, 0.5) is 0 Å². The average Bonchev–Trinajstić information content (AvgIpc) is 3.17. The Bertz CT molecular complexity index is 1110. The minimum atomic E-state index is -0.137. The number of amides is 1. The lowest BCUT2D eigenvalue weighted by atomic mass is 10.1. The molecular weight excluding hydrogens is 376 g/mol. The smallest absolute Gasteiger partial charge is 0.251 e. The van der Waals surface area contributed by atoms with Gasteiger partial charge in [0.15, 0.2) is 11.5 Å². The van der Waals surface area contributed by atoms with Crippen molar-refractivity contribution in [1.82, 2.24) is 20.3 Å². The molecule has 1 N–H and O–H groups in total. The summed E-state index contributed by atoms with van der Waals surface area (Å²) in [6.07, 6.45) is 8.33. The highest BCUT2D eigenvalue weighted by Gasteiger charge is 2.14. The van der Waals surface area contributed by atoms with E-state index in [2.05, 4.69) is 44.5 Å². The molecule has 2 aromatic heterocycles. The van der Waals surface area contributed by atoms with Crippen LogP contribution in [-0.2, 0) is 19.3 Å². The topological polar surface area (TPSA) is 80.9 Å². The van der Waals surface area contributed by atoms with Gasteiger partial charge in [-0.05, 0) is 43.5 Å². The molecule has 0 bridgehead atoms. The second-order valence-electron chi connectivity index (χ2n) is 7.40. The normalized spacial score (nSPS) is 12.0. The first-order chi connectivity index (χ1) is 14.7. The number of carbonyl (C=O) groups excluding carboxylic acids is 1. The van der Waals surface area contributed by atoms with Crippen molar-refractivity contribution >= 4 is 17.0 Å². The van der Waals surface area contributed by atoms with Gasteiger partial charge in [0.2, 0.25) is 0 Å². The number of oxazole rings is 1. The Morgan fingerprint density at radius 2 is 1.97 bits per heavy atom. The van der Waals surface area contributed by atoms with E-state index in [9.17, 15) is 4.79 Å². The number of aromatic nitrogens is 3. The maximum Gasteiger partial charge on any atom is 0.251 e. The molecule has 0 radical (unpaired) electrons. The number of carbonyl (C=O) groups is 1. The van der Waals surface area contributed by atoms with E-state index in [4.69, 9.17) is 4.42 Å². The molecule has 0 aliphatic heterocycles. The fraction of sp³-hybridized carbons (Fsp3) is 0.250. The zero-order valence-electron chi connectivity index (χ0n) is 16.9. The van der Waals surface area contributed by atoms with Crippen LogP contribution in [0, 0.1) is 0 Å². The molecule has 2 heterocycles. The summed E-state index contributed by atoms with van der Waals surface area (Å²) in [5.74, 6) is 0.566. The number of nitrogens with one attached hydrogen (secondary N) is 1. The highest BCUT2D eigenvalue weighted by Crippen LogP contribution is 2.19. The van der Waals surface area contributed by atoms with Crippen LogP contribution in [0.5, 0.6) is 0 Å². The first-order valence-corrected chi connectivity index (χ1v) is 10.2. The van der Waals surface area contributed by atoms with Gasteiger partial charge in [-0.2, -0.15) is 0 Å². The molecule has 6 heteroatoms. The summed E-state index contributed by atoms with van der Waals surface area (Å²) in [6, 6.07) is 15.7. The summed E-state index contributed by atoms with van der Waals surface area (Å²) in [7, 11) is 0. The number of hydrogen-bond donors (Lipinski definition) is 1. The predicted octanol–water partition coefficient (Wildman–Crippen LogP) is 4.15. The molecule has 1 unspecified atom stereocenters. The second-order valence-corrected chi connectivity index (χ2v) is 7.40. The van der Waals surface area contributed by atoms with Gasteiger partial charge in [0, 0.05) is 43.0 Å². The van der Waals surface area contributed by atoms with Gasteiger partial charge in [-0.3, -0.25) is 14.8 Å². The van der Waals surface area contributed by atoms with Crippen LogP contribution in [0.25, 0.3) is 11.1 Å². The van der Waals surface area contributed by atoms with Gasteiger partial charge >= 0.3 is 0 Å². The molecule has 30 heavy (non-hydrogen) atoms. The molecule has 4 rings (SSSR count). The van der Waals surface area contributed by atoms with E-state index in [-0.39, 0.29) is 11.9 Å². The number of fused-ring (bicyclic) bond motifs is 1. The average molecular weight is 400 g/mol. The Balaban J connectivity index is 1.36. The SMILES string of the molecule is CC(Cc1cnccn1)NC(=O)c1ccc2oc(CCCc3ccccc3)nc2c1. The van der Waals surface area contributed by atoms with Crippen LogP contribution < -0.4 is 5.32 Å². The molecule has 0 spiro atoms. The van der Waals surface area contributed by atoms with Crippen LogP contribution in [0.3, 0.4) is 0 Å². The molecule has 0 aliphatic rings. The van der Waals surface area contributed by atoms with E-state index in [1.165, 1.54) is 5.56 Å². The molecule has 152 valence electrons. The van der Waals surface area contributed by atoms with Gasteiger partial charge in [0.25, 0.3) is 5.91 Å². The Morgan fingerprint density at radius 3 is 2.77 bits per heavy atom. The van der Waals surface area contributed by atoms with Crippen LogP contribution in [0.2, 0.25) is 0 Å². The molecule has 1 amide bonds. The first kappa shape index (κ1) is 19.8. The Hall–Kier alpha value is -3.54. The highest BCUT2D eigenvalue weighted by molar-refractivity contribution is 5.97. The van der Waals surface area contributed by atoms with Crippen molar-refractivity contribution < 1.29 is 9.21 Å². The van der Waals surface area contributed by atoms with Crippen molar-refractivity contribution in [1.29, 1.82) is 0 Å². The number of nitrogens with zero attached hydrogens (tertiary/aromatic N) is 3. The third kappa shape index (κ3) is 5.08.